The number of pyridine rings is 1. The van der Waals surface area contributed by atoms with Crippen LogP contribution in [0.1, 0.15) is 59.8 Å². The molecule has 1 fully saturated rings. The third-order valence-corrected chi connectivity index (χ3v) is 9.11. The minimum Gasteiger partial charge on any atom is -0.481 e. The number of amides is 7. The van der Waals surface area contributed by atoms with E-state index >= 15 is 0 Å². The van der Waals surface area contributed by atoms with Gasteiger partial charge in [0.2, 0.25) is 35.0 Å². The summed E-state index contributed by atoms with van der Waals surface area (Å²) in [7, 11) is 1.30. The maximum absolute atomic E-state index is 13.6. The zero-order chi connectivity index (χ0) is 39.6. The lowest BCUT2D eigenvalue weighted by Gasteiger charge is -2.31. The van der Waals surface area contributed by atoms with Gasteiger partial charge in [-0.05, 0) is 57.2 Å². The zero-order valence-corrected chi connectivity index (χ0v) is 30.3. The summed E-state index contributed by atoms with van der Waals surface area (Å²) in [5.74, 6) is -5.37. The predicted molar refractivity (Wildman–Crippen MR) is 193 cm³/mol. The number of aliphatic hydroxyl groups excluding tert-OH is 1. The van der Waals surface area contributed by atoms with Crippen LogP contribution < -0.4 is 43.1 Å². The molecule has 2 aromatic rings. The van der Waals surface area contributed by atoms with Crippen LogP contribution in [0.15, 0.2) is 29.2 Å². The van der Waals surface area contributed by atoms with E-state index in [9.17, 15) is 48.6 Å². The second-order valence-corrected chi connectivity index (χ2v) is 13.1. The first-order chi connectivity index (χ1) is 25.0. The largest absolute Gasteiger partial charge is 0.481 e. The fourth-order valence-electron chi connectivity index (χ4n) is 5.75. The van der Waals surface area contributed by atoms with Gasteiger partial charge in [-0.25, -0.2) is 4.79 Å². The lowest BCUT2D eigenvalue weighted by atomic mass is 9.97. The molecule has 1 aliphatic heterocycles. The van der Waals surface area contributed by atoms with Crippen LogP contribution in [0.2, 0.25) is 0 Å². The van der Waals surface area contributed by atoms with Crippen molar-refractivity contribution in [1.29, 1.82) is 0 Å². The van der Waals surface area contributed by atoms with Crippen LogP contribution in [-0.2, 0) is 28.8 Å². The third-order valence-electron chi connectivity index (χ3n) is 9.11. The number of nitrogens with one attached hydrogen (secondary N) is 7. The van der Waals surface area contributed by atoms with E-state index in [2.05, 4.69) is 36.9 Å². The smallest absolute Gasteiger partial charge is 0.318 e. The number of nitrogens with two attached hydrogens (primary N) is 1. The summed E-state index contributed by atoms with van der Waals surface area (Å²) in [4.78, 5) is 107. The van der Waals surface area contributed by atoms with Gasteiger partial charge in [0.25, 0.3) is 0 Å². The number of H-pyrrole nitrogens is 1. The van der Waals surface area contributed by atoms with Crippen LogP contribution in [0.4, 0.5) is 16.2 Å². The van der Waals surface area contributed by atoms with Crippen LogP contribution in [0.3, 0.4) is 0 Å². The van der Waals surface area contributed by atoms with Crippen molar-refractivity contribution in [2.24, 2.45) is 5.92 Å². The first kappa shape index (κ1) is 41.7. The van der Waals surface area contributed by atoms with Crippen LogP contribution in [0, 0.1) is 5.92 Å². The summed E-state index contributed by atoms with van der Waals surface area (Å²) in [6, 6.07) is -2.20. The Balaban J connectivity index is 1.69. The molecule has 53 heavy (non-hydrogen) atoms. The van der Waals surface area contributed by atoms with Gasteiger partial charge in [0.05, 0.1) is 11.8 Å². The summed E-state index contributed by atoms with van der Waals surface area (Å²) in [5, 5.41) is 34.6. The number of nitrogens with zero attached hydrogens (tertiary/aromatic N) is 1. The quantitative estimate of drug-likeness (QED) is 0.101. The fourth-order valence-corrected chi connectivity index (χ4v) is 5.75. The number of carbonyl (C=O) groups excluding carboxylic acids is 6. The molecule has 1 saturated heterocycles. The van der Waals surface area contributed by atoms with Gasteiger partial charge < -0.3 is 57.7 Å². The van der Waals surface area contributed by atoms with Gasteiger partial charge in [-0.1, -0.05) is 20.3 Å². The van der Waals surface area contributed by atoms with Crippen molar-refractivity contribution in [3.8, 4) is 0 Å². The molecule has 11 N–H and O–H groups in total. The molecule has 0 spiro atoms. The maximum atomic E-state index is 13.6. The lowest BCUT2D eigenvalue weighted by molar-refractivity contribution is -0.139. The molecule has 3 rings (SSSR count). The number of anilines is 2. The highest BCUT2D eigenvalue weighted by Gasteiger charge is 2.38. The second-order valence-electron chi connectivity index (χ2n) is 13.1. The molecule has 2 heterocycles. The Morgan fingerprint density at radius 2 is 1.66 bits per heavy atom. The molecule has 1 aromatic carbocycles. The number of hydrogen-bond donors (Lipinski definition) is 10. The monoisotopic (exact) mass is 743 g/mol. The Hall–Kier alpha value is -5.72. The van der Waals surface area contributed by atoms with E-state index in [-0.39, 0.29) is 30.5 Å². The number of likely N-dealkylation sites (N-methyl/N-ethyl adjacent to an activating group) is 1. The van der Waals surface area contributed by atoms with Crippen molar-refractivity contribution >= 4 is 63.8 Å². The van der Waals surface area contributed by atoms with Crippen LogP contribution in [0.25, 0.3) is 10.9 Å². The van der Waals surface area contributed by atoms with Gasteiger partial charge in [0.15, 0.2) is 0 Å². The number of benzene rings is 1. The molecule has 19 heteroatoms. The van der Waals surface area contributed by atoms with E-state index in [4.69, 9.17) is 5.73 Å². The number of fused-ring (bicyclic) bond motifs is 1. The van der Waals surface area contributed by atoms with Crippen molar-refractivity contribution in [3.05, 3.63) is 34.6 Å². The standard InChI is InChI=1S/C34H49N9O10/c1-6-16(2)26(33(52)40-23(11-12-25(45)46)30(49)41-27(18(4)44)32(51)36-5)42-34(53)43-13-7-8-24(43)31(50)38-17(3)29(48)39-19-9-10-22-20(14-19)28(47)21(35)15-37-22/h9-10,14-18,23-24,26-27,44H,6-8,11-13,35H2,1-5H3,(H,36,51)(H,37,47)(H,38,50)(H,39,48)(H,40,52)(H,41,49)(H,42,53)(H,45,46)/t16-,17+,18+,23-,24-,26-,27-/m0/s1. The summed E-state index contributed by atoms with van der Waals surface area (Å²) < 4.78 is 0. The highest BCUT2D eigenvalue weighted by atomic mass is 16.4. The average Bonchev–Trinajstić information content (AvgIpc) is 3.62. The van der Waals surface area contributed by atoms with Crippen molar-refractivity contribution in [1.82, 2.24) is 36.5 Å². The molecule has 290 valence electrons. The topological polar surface area (TPSA) is 294 Å². The first-order valence-corrected chi connectivity index (χ1v) is 17.3. The van der Waals surface area contributed by atoms with Gasteiger partial charge in [-0.3, -0.25) is 33.6 Å². The number of carboxylic acid groups (broad SMARTS) is 1. The Kier molecular flexibility index (Phi) is 14.7. The number of likely N-dealkylation sites (tertiary alicyclic amines) is 1. The van der Waals surface area contributed by atoms with E-state index in [1.54, 1.807) is 26.0 Å². The summed E-state index contributed by atoms with van der Waals surface area (Å²) in [5.41, 5.74) is 6.12. The molecule has 0 radical (unpaired) electrons. The Morgan fingerprint density at radius 1 is 0.962 bits per heavy atom. The molecule has 1 aliphatic rings. The maximum Gasteiger partial charge on any atom is 0.318 e. The minimum atomic E-state index is -1.45. The lowest BCUT2D eigenvalue weighted by Crippen LogP contribution is -2.61. The minimum absolute atomic E-state index is 0.0105. The number of aromatic amines is 1. The fraction of sp³-hybridized carbons (Fsp3) is 0.529. The molecule has 1 aromatic heterocycles. The molecule has 0 saturated carbocycles. The summed E-state index contributed by atoms with van der Waals surface area (Å²) in [6.45, 7) is 6.34. The number of urea groups is 1. The second kappa shape index (κ2) is 18.7. The van der Waals surface area contributed by atoms with Crippen molar-refractivity contribution < 1.29 is 43.8 Å². The van der Waals surface area contributed by atoms with Crippen molar-refractivity contribution in [3.63, 3.8) is 0 Å². The summed E-state index contributed by atoms with van der Waals surface area (Å²) in [6.07, 6.45) is 0.311. The SMILES string of the molecule is CC[C@H](C)[C@H](NC(=O)N1CCC[C@H]1C(=O)N[C@H](C)C(=O)Nc1ccc2[nH]cc(N)c(=O)c2c1)C(=O)N[C@@H](CCC(=O)O)C(=O)N[C@H](C(=O)NC)[C@@H](C)O. The Bertz CT molecular complexity index is 1760. The number of carboxylic acids is 1. The summed E-state index contributed by atoms with van der Waals surface area (Å²) >= 11 is 0. The average molecular weight is 744 g/mol. The zero-order valence-electron chi connectivity index (χ0n) is 30.3. The number of hydrogen-bond acceptors (Lipinski definition) is 10. The van der Waals surface area contributed by atoms with E-state index < -0.39 is 95.6 Å². The molecule has 0 aliphatic carbocycles. The van der Waals surface area contributed by atoms with E-state index in [1.807, 2.05) is 0 Å². The molecular formula is C34H49N9O10. The Labute approximate surface area is 305 Å². The highest BCUT2D eigenvalue weighted by Crippen LogP contribution is 2.20. The van der Waals surface area contributed by atoms with Crippen LogP contribution in [0.5, 0.6) is 0 Å². The predicted octanol–water partition coefficient (Wildman–Crippen LogP) is -0.897. The number of nitrogen functional groups attached to an aromatic ring is 1. The van der Waals surface area contributed by atoms with Crippen LogP contribution >= 0.6 is 0 Å². The van der Waals surface area contributed by atoms with E-state index in [1.165, 1.54) is 38.1 Å². The normalized spacial score (nSPS) is 17.3. The van der Waals surface area contributed by atoms with E-state index in [0.717, 1.165) is 0 Å². The molecular weight excluding hydrogens is 694 g/mol. The molecule has 7 amide bonds. The van der Waals surface area contributed by atoms with Gasteiger partial charge in [-0.2, -0.15) is 0 Å². The first-order valence-electron chi connectivity index (χ1n) is 17.3. The molecule has 0 bridgehead atoms. The molecule has 7 atom stereocenters. The van der Waals surface area contributed by atoms with Crippen molar-refractivity contribution in [2.45, 2.75) is 96.1 Å². The number of rotatable bonds is 16. The molecule has 19 nitrogen and oxygen atoms in total. The third kappa shape index (κ3) is 10.9. The highest BCUT2D eigenvalue weighted by molar-refractivity contribution is 6.00. The number of aliphatic carboxylic acids is 1. The van der Waals surface area contributed by atoms with Gasteiger partial charge in [-0.15, -0.1) is 0 Å². The Morgan fingerprint density at radius 3 is 2.28 bits per heavy atom. The molecule has 0 unspecified atom stereocenters. The van der Waals surface area contributed by atoms with Gasteiger partial charge >= 0.3 is 12.0 Å². The van der Waals surface area contributed by atoms with Crippen LogP contribution in [-0.4, -0.2) is 112 Å². The number of aliphatic hydroxyl groups is 1. The van der Waals surface area contributed by atoms with Crippen molar-refractivity contribution in [2.75, 3.05) is 24.6 Å². The number of carbonyl (C=O) groups is 7. The number of aromatic nitrogens is 1. The van der Waals surface area contributed by atoms with Gasteiger partial charge in [0, 0.05) is 42.8 Å². The van der Waals surface area contributed by atoms with Gasteiger partial charge in [0.1, 0.15) is 30.2 Å². The van der Waals surface area contributed by atoms with E-state index in [0.29, 0.717) is 24.0 Å².